The van der Waals surface area contributed by atoms with Crippen LogP contribution in [0.4, 0.5) is 5.69 Å². The third kappa shape index (κ3) is 2.92. The van der Waals surface area contributed by atoms with Crippen LogP contribution in [0.15, 0.2) is 18.2 Å². The quantitative estimate of drug-likeness (QED) is 0.853. The number of hydrogen-bond donors (Lipinski definition) is 2. The summed E-state index contributed by atoms with van der Waals surface area (Å²) in [4.78, 5) is 2.10. The number of aliphatic hydroxyl groups is 2. The number of piperidine rings is 1. The first-order valence-electron chi connectivity index (χ1n) is 5.98. The molecule has 0 amide bonds. The maximum Gasteiger partial charge on any atom is 0.0762 e. The van der Waals surface area contributed by atoms with E-state index in [1.807, 2.05) is 12.1 Å². The predicted octanol–water partition coefficient (Wildman–Crippen LogP) is 2.35. The lowest BCUT2D eigenvalue weighted by molar-refractivity contribution is 0.154. The monoisotopic (exact) mass is 255 g/mol. The Morgan fingerprint density at radius 1 is 1.47 bits per heavy atom. The van der Waals surface area contributed by atoms with Crippen LogP contribution in [0.1, 0.15) is 31.4 Å². The fourth-order valence-corrected chi connectivity index (χ4v) is 2.52. The first kappa shape index (κ1) is 12.7. The summed E-state index contributed by atoms with van der Waals surface area (Å²) in [6.45, 7) is 3.27. The van der Waals surface area contributed by atoms with Gasteiger partial charge in [0.1, 0.15) is 0 Å². The van der Waals surface area contributed by atoms with Crippen LogP contribution >= 0.6 is 11.6 Å². The van der Waals surface area contributed by atoms with Crippen LogP contribution in [0.5, 0.6) is 0 Å². The number of rotatable bonds is 2. The van der Waals surface area contributed by atoms with Gasteiger partial charge in [-0.2, -0.15) is 0 Å². The van der Waals surface area contributed by atoms with Gasteiger partial charge in [-0.15, -0.1) is 0 Å². The van der Waals surface area contributed by atoms with Crippen LogP contribution < -0.4 is 4.90 Å². The minimum Gasteiger partial charge on any atom is -0.391 e. The minimum absolute atomic E-state index is 0.267. The van der Waals surface area contributed by atoms with Crippen molar-refractivity contribution >= 4 is 17.3 Å². The van der Waals surface area contributed by atoms with Gasteiger partial charge in [-0.25, -0.2) is 0 Å². The zero-order valence-corrected chi connectivity index (χ0v) is 10.7. The van der Waals surface area contributed by atoms with Gasteiger partial charge in [0, 0.05) is 13.1 Å². The van der Waals surface area contributed by atoms with E-state index in [0.717, 1.165) is 30.6 Å². The van der Waals surface area contributed by atoms with E-state index in [2.05, 4.69) is 4.90 Å². The largest absolute Gasteiger partial charge is 0.391 e. The molecule has 0 aliphatic carbocycles. The number of β-amino-alcohol motifs (C(OH)–C–C–N with tert-alkyl or cyclic N) is 1. The Morgan fingerprint density at radius 3 is 2.82 bits per heavy atom. The molecule has 17 heavy (non-hydrogen) atoms. The molecule has 0 bridgehead atoms. The van der Waals surface area contributed by atoms with Crippen molar-refractivity contribution in [2.24, 2.45) is 0 Å². The van der Waals surface area contributed by atoms with Gasteiger partial charge < -0.3 is 15.1 Å². The Morgan fingerprint density at radius 2 is 2.24 bits per heavy atom. The summed E-state index contributed by atoms with van der Waals surface area (Å²) in [6, 6.07) is 5.60. The van der Waals surface area contributed by atoms with Crippen molar-refractivity contribution in [1.82, 2.24) is 0 Å². The Balaban J connectivity index is 2.21. The van der Waals surface area contributed by atoms with Crippen molar-refractivity contribution in [3.63, 3.8) is 0 Å². The van der Waals surface area contributed by atoms with Gasteiger partial charge in [0.25, 0.3) is 0 Å². The second kappa shape index (κ2) is 5.25. The molecule has 1 aliphatic rings. The van der Waals surface area contributed by atoms with Crippen LogP contribution in [0.3, 0.4) is 0 Å². The summed E-state index contributed by atoms with van der Waals surface area (Å²) in [5.74, 6) is 0. The van der Waals surface area contributed by atoms with Crippen LogP contribution in [-0.4, -0.2) is 29.4 Å². The van der Waals surface area contributed by atoms with Gasteiger partial charge in [-0.1, -0.05) is 17.7 Å². The van der Waals surface area contributed by atoms with Gasteiger partial charge in [0.2, 0.25) is 0 Å². The van der Waals surface area contributed by atoms with E-state index in [4.69, 9.17) is 11.6 Å². The van der Waals surface area contributed by atoms with Gasteiger partial charge in [0.15, 0.2) is 0 Å². The molecule has 3 nitrogen and oxygen atoms in total. The molecule has 0 spiro atoms. The third-order valence-corrected chi connectivity index (χ3v) is 3.49. The summed E-state index contributed by atoms with van der Waals surface area (Å²) < 4.78 is 0. The molecule has 2 unspecified atom stereocenters. The molecule has 0 saturated carbocycles. The lowest BCUT2D eigenvalue weighted by atomic mass is 10.1. The number of halogens is 1. The summed E-state index contributed by atoms with van der Waals surface area (Å²) >= 11 is 6.22. The van der Waals surface area contributed by atoms with Crippen LogP contribution in [0.25, 0.3) is 0 Å². The summed E-state index contributed by atoms with van der Waals surface area (Å²) in [7, 11) is 0. The average molecular weight is 256 g/mol. The highest BCUT2D eigenvalue weighted by molar-refractivity contribution is 6.33. The fraction of sp³-hybridized carbons (Fsp3) is 0.538. The van der Waals surface area contributed by atoms with Gasteiger partial charge in [-0.3, -0.25) is 0 Å². The summed E-state index contributed by atoms with van der Waals surface area (Å²) in [5.41, 5.74) is 1.76. The molecule has 4 heteroatoms. The molecule has 0 radical (unpaired) electrons. The second-order valence-electron chi connectivity index (χ2n) is 4.63. The van der Waals surface area contributed by atoms with E-state index in [0.29, 0.717) is 11.6 Å². The molecule has 1 aliphatic heterocycles. The Bertz CT molecular complexity index is 395. The van der Waals surface area contributed by atoms with Crippen molar-refractivity contribution in [1.29, 1.82) is 0 Å². The van der Waals surface area contributed by atoms with Gasteiger partial charge in [-0.05, 0) is 37.5 Å². The third-order valence-electron chi connectivity index (χ3n) is 3.19. The first-order valence-corrected chi connectivity index (χ1v) is 6.36. The van der Waals surface area contributed by atoms with E-state index in [1.54, 1.807) is 13.0 Å². The molecule has 1 fully saturated rings. The Hall–Kier alpha value is -0.770. The maximum atomic E-state index is 9.65. The van der Waals surface area contributed by atoms with E-state index < -0.39 is 6.10 Å². The Kier molecular flexibility index (Phi) is 3.92. The first-order chi connectivity index (χ1) is 8.08. The fourth-order valence-electron chi connectivity index (χ4n) is 2.21. The smallest absolute Gasteiger partial charge is 0.0762 e. The predicted molar refractivity (Wildman–Crippen MR) is 69.5 cm³/mol. The molecule has 2 rings (SSSR count). The second-order valence-corrected chi connectivity index (χ2v) is 5.04. The molecule has 1 aromatic rings. The molecular weight excluding hydrogens is 238 g/mol. The molecule has 1 heterocycles. The summed E-state index contributed by atoms with van der Waals surface area (Å²) in [6.07, 6.45) is 1.07. The molecule has 2 N–H and O–H groups in total. The molecule has 0 aromatic heterocycles. The van der Waals surface area contributed by atoms with E-state index in [1.165, 1.54) is 0 Å². The standard InChI is InChI=1S/C13H18ClNO2/c1-9(16)10-4-5-13(12(14)7-10)15-6-2-3-11(17)8-15/h4-5,7,9,11,16-17H,2-3,6,8H2,1H3. The highest BCUT2D eigenvalue weighted by Gasteiger charge is 2.20. The van der Waals surface area contributed by atoms with E-state index >= 15 is 0 Å². The topological polar surface area (TPSA) is 43.7 Å². The minimum atomic E-state index is -0.506. The number of anilines is 1. The highest BCUT2D eigenvalue weighted by Crippen LogP contribution is 2.30. The zero-order valence-electron chi connectivity index (χ0n) is 9.93. The number of benzene rings is 1. The number of aliphatic hydroxyl groups excluding tert-OH is 2. The van der Waals surface area contributed by atoms with Crippen molar-refractivity contribution in [2.45, 2.75) is 32.0 Å². The molecular formula is C13H18ClNO2. The zero-order chi connectivity index (χ0) is 12.4. The lowest BCUT2D eigenvalue weighted by Gasteiger charge is -2.32. The van der Waals surface area contributed by atoms with E-state index in [9.17, 15) is 10.2 Å². The number of hydrogen-bond acceptors (Lipinski definition) is 3. The van der Waals surface area contributed by atoms with Crippen LogP contribution in [0, 0.1) is 0 Å². The van der Waals surface area contributed by atoms with Gasteiger partial charge in [0.05, 0.1) is 22.9 Å². The normalized spacial score (nSPS) is 22.6. The molecule has 1 saturated heterocycles. The van der Waals surface area contributed by atoms with Crippen molar-refractivity contribution in [3.8, 4) is 0 Å². The van der Waals surface area contributed by atoms with Crippen LogP contribution in [0.2, 0.25) is 5.02 Å². The van der Waals surface area contributed by atoms with Crippen LogP contribution in [-0.2, 0) is 0 Å². The van der Waals surface area contributed by atoms with Crippen molar-refractivity contribution in [2.75, 3.05) is 18.0 Å². The van der Waals surface area contributed by atoms with Gasteiger partial charge >= 0.3 is 0 Å². The molecule has 1 aromatic carbocycles. The molecule has 94 valence electrons. The average Bonchev–Trinajstić information content (AvgIpc) is 2.28. The van der Waals surface area contributed by atoms with Crippen molar-refractivity contribution in [3.05, 3.63) is 28.8 Å². The maximum absolute atomic E-state index is 9.65. The summed E-state index contributed by atoms with van der Waals surface area (Å²) in [5, 5.41) is 19.8. The Labute approximate surface area is 107 Å². The number of nitrogens with zero attached hydrogens (tertiary/aromatic N) is 1. The lowest BCUT2D eigenvalue weighted by Crippen LogP contribution is -2.38. The highest BCUT2D eigenvalue weighted by atomic mass is 35.5. The molecule has 2 atom stereocenters. The SMILES string of the molecule is CC(O)c1ccc(N2CCCC(O)C2)c(Cl)c1. The van der Waals surface area contributed by atoms with E-state index in [-0.39, 0.29) is 6.10 Å². The van der Waals surface area contributed by atoms with Crippen molar-refractivity contribution < 1.29 is 10.2 Å².